The van der Waals surface area contributed by atoms with Crippen molar-refractivity contribution in [2.45, 2.75) is 13.8 Å². The second-order valence-corrected chi connectivity index (χ2v) is 6.31. The summed E-state index contributed by atoms with van der Waals surface area (Å²) in [6.07, 6.45) is 3.40. The molecule has 0 unspecified atom stereocenters. The fourth-order valence-corrected chi connectivity index (χ4v) is 3.03. The lowest BCUT2D eigenvalue weighted by atomic mass is 10.2. The van der Waals surface area contributed by atoms with Gasteiger partial charge in [0, 0.05) is 18.5 Å². The van der Waals surface area contributed by atoms with E-state index in [0.29, 0.717) is 39.6 Å². The van der Waals surface area contributed by atoms with Crippen molar-refractivity contribution in [2.24, 2.45) is 0 Å². The number of aryl methyl sites for hydroxylation is 2. The van der Waals surface area contributed by atoms with Crippen LogP contribution in [0.1, 0.15) is 11.4 Å². The number of H-pyrrole nitrogens is 1. The van der Waals surface area contributed by atoms with E-state index in [1.165, 1.54) is 6.07 Å². The van der Waals surface area contributed by atoms with Crippen LogP contribution in [-0.4, -0.2) is 34.5 Å². The van der Waals surface area contributed by atoms with E-state index in [4.69, 9.17) is 0 Å². The number of fused-ring (bicyclic) bond motifs is 2. The van der Waals surface area contributed by atoms with Gasteiger partial charge in [0.2, 0.25) is 0 Å². The third kappa shape index (κ3) is 2.45. The summed E-state index contributed by atoms with van der Waals surface area (Å²) < 4.78 is 16.5. The topological polar surface area (TPSA) is 84.6 Å². The third-order valence-corrected chi connectivity index (χ3v) is 4.43. The van der Waals surface area contributed by atoms with Crippen LogP contribution in [0.5, 0.6) is 0 Å². The molecule has 7 nitrogen and oxygen atoms in total. The van der Waals surface area contributed by atoms with E-state index in [9.17, 15) is 4.39 Å². The van der Waals surface area contributed by atoms with E-state index in [-0.39, 0.29) is 0 Å². The van der Waals surface area contributed by atoms with E-state index in [1.54, 1.807) is 23.0 Å². The Labute approximate surface area is 153 Å². The molecular weight excluding hydrogens is 345 g/mol. The number of nitrogens with one attached hydrogen (secondary N) is 1. The number of pyridine rings is 1. The standard InChI is InChI=1S/C19H14FN7/c1-10-9-22-11(2)19-25-17(26-27(10)19)12-7-15-16(8-13(12)20)24-18(23-15)14-5-3-4-6-21-14/h3-9H,1-2H3,(H,23,24). The van der Waals surface area contributed by atoms with Crippen molar-refractivity contribution in [3.8, 4) is 22.9 Å². The molecule has 0 atom stereocenters. The number of hydrogen-bond donors (Lipinski definition) is 1. The fraction of sp³-hybridized carbons (Fsp3) is 0.105. The molecule has 0 fully saturated rings. The van der Waals surface area contributed by atoms with Gasteiger partial charge in [-0.1, -0.05) is 6.07 Å². The monoisotopic (exact) mass is 359 g/mol. The zero-order chi connectivity index (χ0) is 18.5. The zero-order valence-electron chi connectivity index (χ0n) is 14.6. The lowest BCUT2D eigenvalue weighted by Gasteiger charge is -1.98. The van der Waals surface area contributed by atoms with Gasteiger partial charge in [-0.25, -0.2) is 18.9 Å². The highest BCUT2D eigenvalue weighted by Crippen LogP contribution is 2.27. The average molecular weight is 359 g/mol. The lowest BCUT2D eigenvalue weighted by molar-refractivity contribution is 0.631. The number of benzene rings is 1. The van der Waals surface area contributed by atoms with Crippen LogP contribution < -0.4 is 0 Å². The molecule has 0 saturated carbocycles. The second-order valence-electron chi connectivity index (χ2n) is 6.31. The predicted octanol–water partition coefficient (Wildman–Crippen LogP) is 3.49. The minimum absolute atomic E-state index is 0.295. The Bertz CT molecular complexity index is 1270. The van der Waals surface area contributed by atoms with Gasteiger partial charge in [-0.05, 0) is 32.0 Å². The first kappa shape index (κ1) is 15.6. The van der Waals surface area contributed by atoms with Crippen LogP contribution in [0, 0.1) is 19.7 Å². The van der Waals surface area contributed by atoms with Gasteiger partial charge in [-0.15, -0.1) is 5.10 Å². The highest BCUT2D eigenvalue weighted by atomic mass is 19.1. The summed E-state index contributed by atoms with van der Waals surface area (Å²) in [6, 6.07) is 8.62. The molecule has 27 heavy (non-hydrogen) atoms. The average Bonchev–Trinajstić information content (AvgIpc) is 3.29. The van der Waals surface area contributed by atoms with Crippen LogP contribution in [0.15, 0.2) is 42.7 Å². The summed E-state index contributed by atoms with van der Waals surface area (Å²) in [4.78, 5) is 20.7. The highest BCUT2D eigenvalue weighted by molar-refractivity contribution is 5.83. The van der Waals surface area contributed by atoms with Gasteiger partial charge in [-0.3, -0.25) is 9.97 Å². The first-order valence-electron chi connectivity index (χ1n) is 8.40. The quantitative estimate of drug-likeness (QED) is 0.521. The molecule has 0 aliphatic rings. The molecule has 4 heterocycles. The maximum absolute atomic E-state index is 14.8. The van der Waals surface area contributed by atoms with Gasteiger partial charge in [0.05, 0.1) is 28.0 Å². The van der Waals surface area contributed by atoms with Crippen molar-refractivity contribution in [3.63, 3.8) is 0 Å². The molecule has 1 N–H and O–H groups in total. The molecule has 0 amide bonds. The minimum atomic E-state index is -0.419. The summed E-state index contributed by atoms with van der Waals surface area (Å²) in [5.74, 6) is 0.467. The van der Waals surface area contributed by atoms with Crippen LogP contribution in [0.4, 0.5) is 4.39 Å². The Morgan fingerprint density at radius 2 is 1.96 bits per heavy atom. The molecule has 1 aromatic carbocycles. The number of aromatic amines is 1. The van der Waals surface area contributed by atoms with Crippen LogP contribution in [0.25, 0.3) is 39.6 Å². The van der Waals surface area contributed by atoms with E-state index in [2.05, 4.69) is 30.0 Å². The van der Waals surface area contributed by atoms with Crippen molar-refractivity contribution >= 4 is 16.7 Å². The predicted molar refractivity (Wildman–Crippen MR) is 98.5 cm³/mol. The fourth-order valence-electron chi connectivity index (χ4n) is 3.03. The summed E-state index contributed by atoms with van der Waals surface area (Å²) >= 11 is 0. The van der Waals surface area contributed by atoms with Crippen LogP contribution in [0.3, 0.4) is 0 Å². The van der Waals surface area contributed by atoms with Crippen molar-refractivity contribution in [2.75, 3.05) is 0 Å². The SMILES string of the molecule is Cc1ncc(C)n2nc(-c3cc4nc(-c5ccccn5)[nH]c4cc3F)nc12. The number of nitrogens with zero attached hydrogens (tertiary/aromatic N) is 6. The second kappa shape index (κ2) is 5.66. The maximum atomic E-state index is 14.8. The van der Waals surface area contributed by atoms with Crippen molar-refractivity contribution < 1.29 is 4.39 Å². The number of rotatable bonds is 2. The molecule has 0 bridgehead atoms. The van der Waals surface area contributed by atoms with Crippen molar-refractivity contribution in [1.29, 1.82) is 0 Å². The van der Waals surface area contributed by atoms with Gasteiger partial charge in [0.25, 0.3) is 0 Å². The van der Waals surface area contributed by atoms with E-state index < -0.39 is 5.82 Å². The molecule has 132 valence electrons. The summed E-state index contributed by atoms with van der Waals surface area (Å²) in [6.45, 7) is 3.73. The van der Waals surface area contributed by atoms with Crippen molar-refractivity contribution in [3.05, 3.63) is 59.9 Å². The molecule has 5 aromatic rings. The number of halogens is 1. The maximum Gasteiger partial charge on any atom is 0.185 e. The highest BCUT2D eigenvalue weighted by Gasteiger charge is 2.17. The summed E-state index contributed by atoms with van der Waals surface area (Å²) in [7, 11) is 0. The van der Waals surface area contributed by atoms with Crippen LogP contribution in [0.2, 0.25) is 0 Å². The van der Waals surface area contributed by atoms with Crippen LogP contribution >= 0.6 is 0 Å². The molecule has 0 spiro atoms. The molecule has 5 rings (SSSR count). The first-order chi connectivity index (χ1) is 13.1. The molecule has 8 heteroatoms. The first-order valence-corrected chi connectivity index (χ1v) is 8.40. The van der Waals surface area contributed by atoms with Gasteiger partial charge >= 0.3 is 0 Å². The smallest absolute Gasteiger partial charge is 0.185 e. The zero-order valence-corrected chi connectivity index (χ0v) is 14.6. The number of aromatic nitrogens is 7. The normalized spacial score (nSPS) is 11.5. The lowest BCUT2D eigenvalue weighted by Crippen LogP contribution is -1.97. The Kier molecular flexibility index (Phi) is 3.27. The molecule has 0 radical (unpaired) electrons. The summed E-state index contributed by atoms with van der Waals surface area (Å²) in [5, 5.41) is 4.45. The minimum Gasteiger partial charge on any atom is -0.337 e. The molecule has 0 aliphatic heterocycles. The third-order valence-electron chi connectivity index (χ3n) is 4.43. The summed E-state index contributed by atoms with van der Waals surface area (Å²) in [5.41, 5.74) is 4.38. The van der Waals surface area contributed by atoms with E-state index in [0.717, 1.165) is 11.4 Å². The number of hydrogen-bond acceptors (Lipinski definition) is 5. The van der Waals surface area contributed by atoms with E-state index >= 15 is 0 Å². The van der Waals surface area contributed by atoms with Gasteiger partial charge < -0.3 is 4.98 Å². The van der Waals surface area contributed by atoms with Crippen LogP contribution in [-0.2, 0) is 0 Å². The van der Waals surface area contributed by atoms with Gasteiger partial charge in [0.15, 0.2) is 17.3 Å². The Hall–Kier alpha value is -3.68. The molecule has 0 saturated heterocycles. The van der Waals surface area contributed by atoms with E-state index in [1.807, 2.05) is 32.0 Å². The van der Waals surface area contributed by atoms with Crippen molar-refractivity contribution in [1.82, 2.24) is 34.5 Å². The Morgan fingerprint density at radius 3 is 2.74 bits per heavy atom. The molecular formula is C19H14FN7. The molecule has 4 aromatic heterocycles. The Morgan fingerprint density at radius 1 is 1.07 bits per heavy atom. The Balaban J connectivity index is 1.69. The molecule has 0 aliphatic carbocycles. The number of imidazole rings is 1. The van der Waals surface area contributed by atoms with Gasteiger partial charge in [0.1, 0.15) is 11.5 Å². The largest absolute Gasteiger partial charge is 0.337 e. The van der Waals surface area contributed by atoms with Gasteiger partial charge in [-0.2, -0.15) is 0 Å².